The summed E-state index contributed by atoms with van der Waals surface area (Å²) in [5, 5.41) is 10.2. The predicted octanol–water partition coefficient (Wildman–Crippen LogP) is 3.70. The van der Waals surface area contributed by atoms with Gasteiger partial charge in [0.1, 0.15) is 0 Å². The van der Waals surface area contributed by atoms with Crippen LogP contribution in [0, 0.1) is 0 Å². The average molecular weight is 451 g/mol. The van der Waals surface area contributed by atoms with E-state index in [1.165, 1.54) is 10.5 Å². The Morgan fingerprint density at radius 1 is 1.13 bits per heavy atom. The van der Waals surface area contributed by atoms with Crippen molar-refractivity contribution in [1.29, 1.82) is 0 Å². The number of benzene rings is 1. The second-order valence-corrected chi connectivity index (χ2v) is 8.33. The first-order valence-electron chi connectivity index (χ1n) is 9.63. The summed E-state index contributed by atoms with van der Waals surface area (Å²) in [7, 11) is 0. The molecule has 1 aliphatic heterocycles. The van der Waals surface area contributed by atoms with Gasteiger partial charge < -0.3 is 15.0 Å². The summed E-state index contributed by atoms with van der Waals surface area (Å²) < 4.78 is 45.6. The number of fused-ring (bicyclic) bond motifs is 1. The first-order valence-corrected chi connectivity index (χ1v) is 10.5. The molecule has 11 heteroatoms. The fourth-order valence-corrected chi connectivity index (χ4v) is 3.98. The number of carbonyl (C=O) groups is 1. The number of rotatable bonds is 5. The minimum Gasteiger partial charge on any atom is -0.378 e. The number of nitrogens with one attached hydrogen (secondary N) is 1. The lowest BCUT2D eigenvalue weighted by atomic mass is 10.2. The van der Waals surface area contributed by atoms with Gasteiger partial charge in [0, 0.05) is 30.7 Å². The summed E-state index contributed by atoms with van der Waals surface area (Å²) in [5.74, 6) is -0.284. The molecule has 1 unspecified atom stereocenters. The Labute approximate surface area is 180 Å². The molecule has 1 saturated heterocycles. The number of hydrogen-bond acceptors (Lipinski definition) is 6. The average Bonchev–Trinajstić information content (AvgIpc) is 3.16. The number of carbonyl (C=O) groups excluding carboxylic acids is 1. The largest absolute Gasteiger partial charge is 0.417 e. The summed E-state index contributed by atoms with van der Waals surface area (Å²) in [5.41, 5.74) is 1.17. The van der Waals surface area contributed by atoms with Crippen molar-refractivity contribution in [2.24, 2.45) is 0 Å². The molecule has 0 spiro atoms. The third-order valence-corrected chi connectivity index (χ3v) is 5.92. The molecule has 0 aliphatic carbocycles. The van der Waals surface area contributed by atoms with E-state index in [4.69, 9.17) is 4.74 Å². The van der Waals surface area contributed by atoms with Crippen molar-refractivity contribution in [3.63, 3.8) is 0 Å². The van der Waals surface area contributed by atoms with Crippen LogP contribution in [0.15, 0.2) is 47.8 Å². The molecule has 1 aromatic carbocycles. The molecule has 7 nitrogen and oxygen atoms in total. The second-order valence-electron chi connectivity index (χ2n) is 7.02. The van der Waals surface area contributed by atoms with Crippen LogP contribution in [0.4, 0.5) is 24.5 Å². The number of hydrogen-bond donors (Lipinski definition) is 1. The van der Waals surface area contributed by atoms with Crippen LogP contribution in [0.1, 0.15) is 12.5 Å². The van der Waals surface area contributed by atoms with Crippen LogP contribution in [-0.2, 0) is 15.7 Å². The number of alkyl halides is 3. The number of morpholine rings is 1. The normalized spacial score (nSPS) is 15.8. The van der Waals surface area contributed by atoms with Gasteiger partial charge in [0.2, 0.25) is 5.91 Å². The monoisotopic (exact) mass is 451 g/mol. The fraction of sp³-hybridized carbons (Fsp3) is 0.350. The molecule has 31 heavy (non-hydrogen) atoms. The quantitative estimate of drug-likeness (QED) is 0.597. The molecule has 1 fully saturated rings. The lowest BCUT2D eigenvalue weighted by molar-refractivity contribution is -0.137. The molecule has 3 aromatic rings. The van der Waals surface area contributed by atoms with Gasteiger partial charge in [0.05, 0.1) is 24.0 Å². The maximum absolute atomic E-state index is 13.0. The van der Waals surface area contributed by atoms with Gasteiger partial charge in [-0.1, -0.05) is 11.8 Å². The first kappa shape index (κ1) is 21.4. The van der Waals surface area contributed by atoms with Crippen LogP contribution in [0.2, 0.25) is 0 Å². The van der Waals surface area contributed by atoms with E-state index >= 15 is 0 Å². The zero-order valence-corrected chi connectivity index (χ0v) is 17.4. The lowest BCUT2D eigenvalue weighted by Crippen LogP contribution is -2.36. The van der Waals surface area contributed by atoms with E-state index in [-0.39, 0.29) is 16.7 Å². The molecular formula is C20H20F3N5O2S. The van der Waals surface area contributed by atoms with Crippen LogP contribution in [0.25, 0.3) is 5.65 Å². The highest BCUT2D eigenvalue weighted by Crippen LogP contribution is 2.31. The molecule has 1 aliphatic rings. The molecule has 2 aromatic heterocycles. The summed E-state index contributed by atoms with van der Waals surface area (Å²) in [6, 6.07) is 9.72. The number of anilines is 2. The highest BCUT2D eigenvalue weighted by molar-refractivity contribution is 8.00. The van der Waals surface area contributed by atoms with Crippen LogP contribution < -0.4 is 10.2 Å². The Balaban J connectivity index is 1.41. The highest BCUT2D eigenvalue weighted by atomic mass is 32.2. The van der Waals surface area contributed by atoms with Gasteiger partial charge >= 0.3 is 6.18 Å². The van der Waals surface area contributed by atoms with Crippen LogP contribution >= 0.6 is 11.8 Å². The zero-order valence-electron chi connectivity index (χ0n) is 16.6. The smallest absolute Gasteiger partial charge is 0.378 e. The van der Waals surface area contributed by atoms with Crippen molar-refractivity contribution in [1.82, 2.24) is 14.6 Å². The number of nitrogens with zero attached hydrogens (tertiary/aromatic N) is 4. The molecule has 0 saturated carbocycles. The fourth-order valence-electron chi connectivity index (χ4n) is 3.15. The van der Waals surface area contributed by atoms with E-state index in [0.717, 1.165) is 42.8 Å². The number of pyridine rings is 1. The van der Waals surface area contributed by atoms with Gasteiger partial charge in [-0.3, -0.25) is 9.20 Å². The minimum absolute atomic E-state index is 0.214. The van der Waals surface area contributed by atoms with Crippen molar-refractivity contribution in [3.05, 3.63) is 48.2 Å². The lowest BCUT2D eigenvalue weighted by Gasteiger charge is -2.28. The van der Waals surface area contributed by atoms with Crippen molar-refractivity contribution in [2.75, 3.05) is 36.5 Å². The molecule has 4 rings (SSSR count). The first-order chi connectivity index (χ1) is 14.8. The Bertz CT molecular complexity index is 1060. The molecule has 1 amide bonds. The molecule has 1 N–H and O–H groups in total. The van der Waals surface area contributed by atoms with Crippen molar-refractivity contribution in [2.45, 2.75) is 23.5 Å². The van der Waals surface area contributed by atoms with Gasteiger partial charge in [-0.05, 0) is 43.3 Å². The van der Waals surface area contributed by atoms with Gasteiger partial charge in [0.25, 0.3) is 0 Å². The van der Waals surface area contributed by atoms with E-state index in [9.17, 15) is 18.0 Å². The predicted molar refractivity (Wildman–Crippen MR) is 111 cm³/mol. The Hall–Kier alpha value is -2.79. The molecule has 1 atom stereocenters. The standard InChI is InChI=1S/C20H20F3N5O2S/c1-13(31-19-26-25-17-7-2-14(12-28(17)19)20(21,22)23)18(29)24-15-3-5-16(6-4-15)27-8-10-30-11-9-27/h2-7,12-13H,8-11H2,1H3,(H,24,29). The van der Waals surface area contributed by atoms with Gasteiger partial charge in [-0.25, -0.2) is 0 Å². The number of amides is 1. The summed E-state index contributed by atoms with van der Waals surface area (Å²) in [6.07, 6.45) is -3.54. The minimum atomic E-state index is -4.48. The van der Waals surface area contributed by atoms with E-state index in [1.54, 1.807) is 6.92 Å². The van der Waals surface area contributed by atoms with Gasteiger partial charge in [-0.2, -0.15) is 13.2 Å². The second kappa shape index (κ2) is 8.75. The van der Waals surface area contributed by atoms with Gasteiger partial charge in [0.15, 0.2) is 10.8 Å². The van der Waals surface area contributed by atoms with Crippen LogP contribution in [-0.4, -0.2) is 52.1 Å². The third-order valence-electron chi connectivity index (χ3n) is 4.86. The van der Waals surface area contributed by atoms with E-state index in [2.05, 4.69) is 20.4 Å². The van der Waals surface area contributed by atoms with E-state index in [1.807, 2.05) is 24.3 Å². The van der Waals surface area contributed by atoms with Gasteiger partial charge in [-0.15, -0.1) is 10.2 Å². The molecular weight excluding hydrogens is 431 g/mol. The Morgan fingerprint density at radius 2 is 1.84 bits per heavy atom. The maximum Gasteiger partial charge on any atom is 0.417 e. The zero-order chi connectivity index (χ0) is 22.0. The third kappa shape index (κ3) is 4.93. The van der Waals surface area contributed by atoms with Crippen molar-refractivity contribution in [3.8, 4) is 0 Å². The molecule has 164 valence electrons. The van der Waals surface area contributed by atoms with E-state index < -0.39 is 17.0 Å². The number of ether oxygens (including phenoxy) is 1. The molecule has 0 bridgehead atoms. The summed E-state index contributed by atoms with van der Waals surface area (Å²) in [6.45, 7) is 4.68. The van der Waals surface area contributed by atoms with E-state index in [0.29, 0.717) is 18.9 Å². The van der Waals surface area contributed by atoms with Crippen molar-refractivity contribution < 1.29 is 22.7 Å². The van der Waals surface area contributed by atoms with Crippen LogP contribution in [0.5, 0.6) is 0 Å². The summed E-state index contributed by atoms with van der Waals surface area (Å²) in [4.78, 5) is 14.8. The molecule has 3 heterocycles. The SMILES string of the molecule is CC(Sc1nnc2ccc(C(F)(F)F)cn12)C(=O)Nc1ccc(N2CCOCC2)cc1. The Morgan fingerprint density at radius 3 is 2.52 bits per heavy atom. The number of aromatic nitrogens is 3. The Kier molecular flexibility index (Phi) is 6.05. The van der Waals surface area contributed by atoms with Crippen LogP contribution in [0.3, 0.4) is 0 Å². The molecule has 0 radical (unpaired) electrons. The number of thioether (sulfide) groups is 1. The highest BCUT2D eigenvalue weighted by Gasteiger charge is 2.31. The maximum atomic E-state index is 13.0. The summed E-state index contributed by atoms with van der Waals surface area (Å²) >= 11 is 1.04. The number of halogens is 3. The van der Waals surface area contributed by atoms with Crippen molar-refractivity contribution >= 4 is 34.7 Å². The topological polar surface area (TPSA) is 71.8 Å².